The van der Waals surface area contributed by atoms with Crippen molar-refractivity contribution in [2.75, 3.05) is 33.6 Å². The first-order chi connectivity index (χ1) is 14.7. The lowest BCUT2D eigenvalue weighted by Gasteiger charge is -2.16. The highest BCUT2D eigenvalue weighted by molar-refractivity contribution is 7.89. The topological polar surface area (TPSA) is 89.9 Å². The predicted molar refractivity (Wildman–Crippen MR) is 119 cm³/mol. The van der Waals surface area contributed by atoms with Crippen LogP contribution in [0.4, 0.5) is 5.69 Å². The molecular formula is C21H22ClN3O5S. The normalized spacial score (nSPS) is 11.4. The van der Waals surface area contributed by atoms with E-state index in [-0.39, 0.29) is 16.1 Å². The summed E-state index contributed by atoms with van der Waals surface area (Å²) >= 11 is 6.41. The summed E-state index contributed by atoms with van der Waals surface area (Å²) in [6, 6.07) is 11.1. The van der Waals surface area contributed by atoms with E-state index in [4.69, 9.17) is 21.1 Å². The molecule has 3 rings (SSSR count). The van der Waals surface area contributed by atoms with E-state index >= 15 is 0 Å². The summed E-state index contributed by atoms with van der Waals surface area (Å²) in [5.74, 6) is 0.0808. The molecule has 1 aromatic heterocycles. The number of hydrogen-bond donors (Lipinski definition) is 1. The van der Waals surface area contributed by atoms with E-state index < -0.39 is 15.9 Å². The van der Waals surface area contributed by atoms with Gasteiger partial charge in [0.25, 0.3) is 5.91 Å². The zero-order valence-electron chi connectivity index (χ0n) is 17.4. The number of hydrogen-bond acceptors (Lipinski definition) is 5. The van der Waals surface area contributed by atoms with Crippen molar-refractivity contribution in [2.24, 2.45) is 0 Å². The van der Waals surface area contributed by atoms with Gasteiger partial charge >= 0.3 is 0 Å². The van der Waals surface area contributed by atoms with E-state index in [1.54, 1.807) is 10.6 Å². The quantitative estimate of drug-likeness (QED) is 0.577. The first-order valence-corrected chi connectivity index (χ1v) is 10.9. The molecular weight excluding hydrogens is 442 g/mol. The molecule has 0 radical (unpaired) electrons. The van der Waals surface area contributed by atoms with Gasteiger partial charge < -0.3 is 19.4 Å². The van der Waals surface area contributed by atoms with Crippen LogP contribution >= 0.6 is 11.6 Å². The average Bonchev–Trinajstić information content (AvgIpc) is 3.27. The Labute approximate surface area is 186 Å². The van der Waals surface area contributed by atoms with Gasteiger partial charge in [0.2, 0.25) is 10.0 Å². The number of nitrogens with one attached hydrogen (secondary N) is 1. The van der Waals surface area contributed by atoms with E-state index in [0.717, 1.165) is 4.31 Å². The maximum absolute atomic E-state index is 13.0. The van der Waals surface area contributed by atoms with Crippen molar-refractivity contribution >= 4 is 33.2 Å². The smallest absolute Gasteiger partial charge is 0.259 e. The molecule has 0 aliphatic carbocycles. The third kappa shape index (κ3) is 4.53. The molecule has 0 aliphatic rings. The highest BCUT2D eigenvalue weighted by atomic mass is 35.5. The maximum Gasteiger partial charge on any atom is 0.259 e. The Bertz CT molecular complexity index is 1210. The second kappa shape index (κ2) is 9.01. The third-order valence-electron chi connectivity index (χ3n) is 4.59. The molecule has 0 fully saturated rings. The summed E-state index contributed by atoms with van der Waals surface area (Å²) < 4.78 is 38.5. The Hall–Kier alpha value is -3.01. The van der Waals surface area contributed by atoms with Crippen LogP contribution in [-0.2, 0) is 10.0 Å². The lowest BCUT2D eigenvalue weighted by Crippen LogP contribution is -2.22. The van der Waals surface area contributed by atoms with Gasteiger partial charge in [0, 0.05) is 32.6 Å². The second-order valence-electron chi connectivity index (χ2n) is 6.70. The van der Waals surface area contributed by atoms with Crippen molar-refractivity contribution in [1.82, 2.24) is 8.87 Å². The van der Waals surface area contributed by atoms with Gasteiger partial charge in [-0.05, 0) is 36.4 Å². The van der Waals surface area contributed by atoms with Crippen LogP contribution in [0.3, 0.4) is 0 Å². The third-order valence-corrected chi connectivity index (χ3v) is 6.71. The van der Waals surface area contributed by atoms with Gasteiger partial charge in [-0.3, -0.25) is 4.79 Å². The summed E-state index contributed by atoms with van der Waals surface area (Å²) in [6.07, 6.45) is 3.64. The van der Waals surface area contributed by atoms with E-state index in [9.17, 15) is 13.2 Å². The Morgan fingerprint density at radius 2 is 1.68 bits per heavy atom. The van der Waals surface area contributed by atoms with Crippen molar-refractivity contribution in [3.63, 3.8) is 0 Å². The summed E-state index contributed by atoms with van der Waals surface area (Å²) in [5, 5.41) is 3.04. The number of sulfonamides is 1. The minimum absolute atomic E-state index is 0.0153. The first-order valence-electron chi connectivity index (χ1n) is 9.12. The van der Waals surface area contributed by atoms with Gasteiger partial charge in [0.05, 0.1) is 41.1 Å². The van der Waals surface area contributed by atoms with Gasteiger partial charge in [-0.15, -0.1) is 0 Å². The van der Waals surface area contributed by atoms with Crippen molar-refractivity contribution < 1.29 is 22.7 Å². The van der Waals surface area contributed by atoms with Crippen LogP contribution < -0.4 is 14.8 Å². The van der Waals surface area contributed by atoms with Crippen LogP contribution in [-0.4, -0.2) is 51.5 Å². The zero-order chi connectivity index (χ0) is 22.8. The monoisotopic (exact) mass is 463 g/mol. The minimum atomic E-state index is -3.70. The number of amides is 1. The number of rotatable bonds is 7. The predicted octanol–water partition coefficient (Wildman–Crippen LogP) is 3.65. The summed E-state index contributed by atoms with van der Waals surface area (Å²) in [5.41, 5.74) is 1.03. The number of aromatic nitrogens is 1. The van der Waals surface area contributed by atoms with Gasteiger partial charge in [-0.2, -0.15) is 0 Å². The molecule has 8 nitrogen and oxygen atoms in total. The number of carbonyl (C=O) groups excluding carboxylic acids is 1. The molecule has 1 N–H and O–H groups in total. The molecule has 0 bridgehead atoms. The Morgan fingerprint density at radius 1 is 1.03 bits per heavy atom. The van der Waals surface area contributed by atoms with Crippen LogP contribution in [0.1, 0.15) is 10.4 Å². The number of nitrogens with zero attached hydrogens (tertiary/aromatic N) is 2. The van der Waals surface area contributed by atoms with Crippen molar-refractivity contribution in [2.45, 2.75) is 4.90 Å². The fourth-order valence-corrected chi connectivity index (χ4v) is 4.12. The molecule has 0 unspecified atom stereocenters. The van der Waals surface area contributed by atoms with Crippen molar-refractivity contribution in [1.29, 1.82) is 0 Å². The standard InChI is InChI=1S/C21H22ClN3O5S/c1-24(2)31(27,28)14-7-8-19(29-3)17(11-14)23-21(26)15-12-16(22)18(13-20(15)30-4)25-9-5-6-10-25/h5-13H,1-4H3,(H,23,26). The Balaban J connectivity index is 2.00. The fraction of sp³-hybridized carbons (Fsp3) is 0.190. The van der Waals surface area contributed by atoms with Gasteiger partial charge in [-0.25, -0.2) is 12.7 Å². The molecule has 0 spiro atoms. The molecule has 0 saturated heterocycles. The molecule has 10 heteroatoms. The molecule has 1 heterocycles. The Morgan fingerprint density at radius 3 is 2.26 bits per heavy atom. The molecule has 2 aromatic carbocycles. The summed E-state index contributed by atoms with van der Waals surface area (Å²) in [7, 11) is 2.03. The number of ether oxygens (including phenoxy) is 2. The molecule has 0 aliphatic heterocycles. The molecule has 1 amide bonds. The molecule has 0 saturated carbocycles. The van der Waals surface area contributed by atoms with Gasteiger partial charge in [0.15, 0.2) is 0 Å². The molecule has 0 atom stereocenters. The van der Waals surface area contributed by atoms with Gasteiger partial charge in [0.1, 0.15) is 11.5 Å². The number of anilines is 1. The lowest BCUT2D eigenvalue weighted by atomic mass is 10.1. The number of halogens is 1. The van der Waals surface area contributed by atoms with Crippen LogP contribution in [0.25, 0.3) is 5.69 Å². The van der Waals surface area contributed by atoms with Crippen molar-refractivity contribution in [3.8, 4) is 17.2 Å². The highest BCUT2D eigenvalue weighted by Crippen LogP contribution is 2.33. The highest BCUT2D eigenvalue weighted by Gasteiger charge is 2.22. The number of methoxy groups -OCH3 is 2. The molecule has 3 aromatic rings. The van der Waals surface area contributed by atoms with Crippen LogP contribution in [0.5, 0.6) is 11.5 Å². The second-order valence-corrected chi connectivity index (χ2v) is 9.26. The van der Waals surface area contributed by atoms with Crippen LogP contribution in [0.2, 0.25) is 5.02 Å². The van der Waals surface area contributed by atoms with Crippen LogP contribution in [0.15, 0.2) is 59.8 Å². The average molecular weight is 464 g/mol. The fourth-order valence-electron chi connectivity index (χ4n) is 2.93. The van der Waals surface area contributed by atoms with E-state index in [1.165, 1.54) is 52.6 Å². The SMILES string of the molecule is COc1ccc(S(=O)(=O)N(C)C)cc1NC(=O)c1cc(Cl)c(-n2cccc2)cc1OC. The molecule has 31 heavy (non-hydrogen) atoms. The van der Waals surface area contributed by atoms with E-state index in [2.05, 4.69) is 5.32 Å². The first kappa shape index (κ1) is 22.7. The molecule has 164 valence electrons. The zero-order valence-corrected chi connectivity index (χ0v) is 19.0. The largest absolute Gasteiger partial charge is 0.496 e. The summed E-state index contributed by atoms with van der Waals surface area (Å²) in [6.45, 7) is 0. The van der Waals surface area contributed by atoms with Gasteiger partial charge in [-0.1, -0.05) is 11.6 Å². The van der Waals surface area contributed by atoms with Crippen molar-refractivity contribution in [3.05, 3.63) is 65.4 Å². The Kier molecular flexibility index (Phi) is 6.59. The van der Waals surface area contributed by atoms with Crippen LogP contribution in [0, 0.1) is 0 Å². The number of carbonyl (C=O) groups is 1. The maximum atomic E-state index is 13.0. The van der Waals surface area contributed by atoms with E-state index in [0.29, 0.717) is 22.2 Å². The number of benzene rings is 2. The minimum Gasteiger partial charge on any atom is -0.496 e. The lowest BCUT2D eigenvalue weighted by molar-refractivity contribution is 0.102. The summed E-state index contributed by atoms with van der Waals surface area (Å²) in [4.78, 5) is 13.1. The van der Waals surface area contributed by atoms with E-state index in [1.807, 2.05) is 24.5 Å².